The number of benzene rings is 1. The minimum Gasteiger partial charge on any atom is -0.498 e. The molecule has 1 aliphatic heterocycles. The molecule has 0 aromatic heterocycles. The molecule has 0 radical (unpaired) electrons. The Bertz CT molecular complexity index is 558. The van der Waals surface area contributed by atoms with Gasteiger partial charge in [-0.3, -0.25) is 0 Å². The van der Waals surface area contributed by atoms with Gasteiger partial charge in [-0.15, -0.1) is 0 Å². The number of unbranched alkanes of at least 4 members (excludes halogenated alkanes) is 2. The summed E-state index contributed by atoms with van der Waals surface area (Å²) in [6, 6.07) is 2.77. The molecule has 2 rings (SSSR count). The van der Waals surface area contributed by atoms with Gasteiger partial charge in [-0.2, -0.15) is 8.78 Å². The quantitative estimate of drug-likeness (QED) is 0.564. The molecule has 3 nitrogen and oxygen atoms in total. The molecule has 0 saturated carbocycles. The van der Waals surface area contributed by atoms with E-state index in [-0.39, 0.29) is 30.8 Å². The molecule has 1 aromatic carbocycles. The Balaban J connectivity index is 1.85. The van der Waals surface area contributed by atoms with E-state index in [0.717, 1.165) is 24.8 Å². The van der Waals surface area contributed by atoms with Crippen molar-refractivity contribution >= 4 is 0 Å². The fourth-order valence-corrected chi connectivity index (χ4v) is 2.67. The van der Waals surface area contributed by atoms with E-state index in [1.807, 2.05) is 0 Å². The monoisotopic (exact) mass is 340 g/mol. The zero-order valence-electron chi connectivity index (χ0n) is 14.4. The largest absolute Gasteiger partial charge is 0.498 e. The topological polar surface area (TPSA) is 27.7 Å². The third-order valence-electron chi connectivity index (χ3n) is 4.07. The van der Waals surface area contributed by atoms with Gasteiger partial charge in [0, 0.05) is 5.57 Å². The summed E-state index contributed by atoms with van der Waals surface area (Å²) in [4.78, 5) is 0. The summed E-state index contributed by atoms with van der Waals surface area (Å²) in [6.07, 6.45) is 8.45. The van der Waals surface area contributed by atoms with Gasteiger partial charge in [-0.1, -0.05) is 19.8 Å². The van der Waals surface area contributed by atoms with Crippen molar-refractivity contribution in [2.24, 2.45) is 0 Å². The zero-order valence-corrected chi connectivity index (χ0v) is 14.4. The van der Waals surface area contributed by atoms with E-state index >= 15 is 0 Å². The summed E-state index contributed by atoms with van der Waals surface area (Å²) in [5.74, 6) is -2.24. The number of hydrogen-bond acceptors (Lipinski definition) is 3. The molecule has 5 heteroatoms. The lowest BCUT2D eigenvalue weighted by molar-refractivity contribution is 0.104. The van der Waals surface area contributed by atoms with Crippen LogP contribution >= 0.6 is 0 Å². The van der Waals surface area contributed by atoms with Crippen molar-refractivity contribution in [2.75, 3.05) is 13.2 Å². The van der Waals surface area contributed by atoms with Crippen LogP contribution < -0.4 is 9.47 Å². The Morgan fingerprint density at radius 1 is 1.08 bits per heavy atom. The van der Waals surface area contributed by atoms with Crippen molar-refractivity contribution in [2.45, 2.75) is 58.5 Å². The third kappa shape index (κ3) is 5.11. The van der Waals surface area contributed by atoms with Gasteiger partial charge in [0.1, 0.15) is 6.61 Å². The molecule has 0 amide bonds. The molecular formula is C19H26F2O3. The molecule has 1 heterocycles. The summed E-state index contributed by atoms with van der Waals surface area (Å²) in [7, 11) is 0. The molecule has 1 aliphatic rings. The van der Waals surface area contributed by atoms with Crippen LogP contribution in [0.2, 0.25) is 0 Å². The van der Waals surface area contributed by atoms with Gasteiger partial charge in [0.15, 0.2) is 11.5 Å². The van der Waals surface area contributed by atoms with Crippen LogP contribution in [0.15, 0.2) is 24.0 Å². The van der Waals surface area contributed by atoms with E-state index in [1.54, 1.807) is 13.2 Å². The van der Waals surface area contributed by atoms with E-state index in [0.29, 0.717) is 0 Å². The van der Waals surface area contributed by atoms with Crippen molar-refractivity contribution in [1.82, 2.24) is 0 Å². The van der Waals surface area contributed by atoms with Gasteiger partial charge in [0.05, 0.1) is 19.0 Å². The van der Waals surface area contributed by atoms with Crippen molar-refractivity contribution in [3.8, 4) is 11.5 Å². The van der Waals surface area contributed by atoms with E-state index in [9.17, 15) is 8.78 Å². The number of ether oxygens (including phenoxy) is 3. The Morgan fingerprint density at radius 2 is 1.79 bits per heavy atom. The van der Waals surface area contributed by atoms with Crippen LogP contribution in [-0.4, -0.2) is 19.3 Å². The first-order valence-electron chi connectivity index (χ1n) is 8.72. The molecule has 1 atom stereocenters. The molecule has 134 valence electrons. The zero-order chi connectivity index (χ0) is 17.4. The van der Waals surface area contributed by atoms with E-state index < -0.39 is 11.6 Å². The Kier molecular flexibility index (Phi) is 7.35. The van der Waals surface area contributed by atoms with Crippen molar-refractivity contribution in [1.29, 1.82) is 0 Å². The summed E-state index contributed by atoms with van der Waals surface area (Å²) in [5.41, 5.74) is 0.954. The van der Waals surface area contributed by atoms with Gasteiger partial charge in [-0.25, -0.2) is 0 Å². The molecule has 0 aliphatic carbocycles. The fraction of sp³-hybridized carbons (Fsp3) is 0.579. The lowest BCUT2D eigenvalue weighted by Crippen LogP contribution is -2.17. The third-order valence-corrected chi connectivity index (χ3v) is 4.07. The summed E-state index contributed by atoms with van der Waals surface area (Å²) < 4.78 is 43.9. The second kappa shape index (κ2) is 9.50. The average Bonchev–Trinajstić information content (AvgIpc) is 2.60. The van der Waals surface area contributed by atoms with Gasteiger partial charge >= 0.3 is 0 Å². The summed E-state index contributed by atoms with van der Waals surface area (Å²) in [6.45, 7) is 4.37. The molecule has 1 unspecified atom stereocenters. The Labute approximate surface area is 142 Å². The van der Waals surface area contributed by atoms with Crippen LogP contribution in [0.25, 0.3) is 0 Å². The lowest BCUT2D eigenvalue weighted by atomic mass is 10.0. The van der Waals surface area contributed by atoms with E-state index in [1.165, 1.54) is 31.4 Å². The highest BCUT2D eigenvalue weighted by Gasteiger charge is 2.18. The second-order valence-corrected chi connectivity index (χ2v) is 5.98. The van der Waals surface area contributed by atoms with Crippen LogP contribution in [0.3, 0.4) is 0 Å². The first-order valence-corrected chi connectivity index (χ1v) is 8.72. The smallest absolute Gasteiger partial charge is 0.204 e. The fourth-order valence-electron chi connectivity index (χ4n) is 2.67. The predicted octanol–water partition coefficient (Wildman–Crippen LogP) is 5.39. The van der Waals surface area contributed by atoms with Gasteiger partial charge < -0.3 is 14.2 Å². The maximum atomic E-state index is 13.9. The maximum absolute atomic E-state index is 13.9. The molecular weight excluding hydrogens is 314 g/mol. The highest BCUT2D eigenvalue weighted by Crippen LogP contribution is 2.29. The van der Waals surface area contributed by atoms with Gasteiger partial charge in [0.25, 0.3) is 0 Å². The van der Waals surface area contributed by atoms with Gasteiger partial charge in [-0.05, 0) is 44.7 Å². The SMILES string of the molecule is CCCCCC1CCC(COc2ccc(OCC)c(F)c2F)=CO1. The van der Waals surface area contributed by atoms with E-state index in [4.69, 9.17) is 14.2 Å². The highest BCUT2D eigenvalue weighted by molar-refractivity contribution is 5.35. The van der Waals surface area contributed by atoms with E-state index in [2.05, 4.69) is 6.92 Å². The second-order valence-electron chi connectivity index (χ2n) is 5.98. The first kappa shape index (κ1) is 18.6. The summed E-state index contributed by atoms with van der Waals surface area (Å²) in [5, 5.41) is 0. The molecule has 0 fully saturated rings. The minimum absolute atomic E-state index is 0.0995. The lowest BCUT2D eigenvalue weighted by Gasteiger charge is -2.23. The predicted molar refractivity (Wildman–Crippen MR) is 89.4 cm³/mol. The standard InChI is InChI=1S/C19H26F2O3/c1-3-5-6-7-15-9-8-14(12-23-15)13-24-17-11-10-16(22-4-2)18(20)19(17)21/h10-12,15H,3-9,13H2,1-2H3. The van der Waals surface area contributed by atoms with Crippen LogP contribution in [0, 0.1) is 11.6 Å². The normalized spacial score (nSPS) is 17.2. The highest BCUT2D eigenvalue weighted by atomic mass is 19.2. The number of hydrogen-bond donors (Lipinski definition) is 0. The first-order chi connectivity index (χ1) is 11.7. The molecule has 0 bridgehead atoms. The maximum Gasteiger partial charge on any atom is 0.204 e. The van der Waals surface area contributed by atoms with Crippen LogP contribution in [0.4, 0.5) is 8.78 Å². The molecule has 0 saturated heterocycles. The Morgan fingerprint density at radius 3 is 2.38 bits per heavy atom. The van der Waals surface area contributed by atoms with Crippen molar-refractivity contribution in [3.05, 3.63) is 35.6 Å². The average molecular weight is 340 g/mol. The molecule has 0 N–H and O–H groups in total. The Hall–Kier alpha value is -1.78. The molecule has 0 spiro atoms. The minimum atomic E-state index is -1.02. The van der Waals surface area contributed by atoms with Crippen LogP contribution in [0.1, 0.15) is 52.4 Å². The number of halogens is 2. The molecule has 24 heavy (non-hydrogen) atoms. The number of rotatable bonds is 9. The molecule has 1 aromatic rings. The van der Waals surface area contributed by atoms with Crippen LogP contribution in [0.5, 0.6) is 11.5 Å². The van der Waals surface area contributed by atoms with Gasteiger partial charge in [0.2, 0.25) is 11.6 Å². The summed E-state index contributed by atoms with van der Waals surface area (Å²) >= 11 is 0. The van der Waals surface area contributed by atoms with Crippen molar-refractivity contribution in [3.63, 3.8) is 0 Å². The van der Waals surface area contributed by atoms with Crippen molar-refractivity contribution < 1.29 is 23.0 Å². The van der Waals surface area contributed by atoms with Crippen LogP contribution in [-0.2, 0) is 4.74 Å².